The molecule has 1 aromatic carbocycles. The highest BCUT2D eigenvalue weighted by Crippen LogP contribution is 2.30. The number of furan rings is 1. The molecule has 84 valence electrons. The van der Waals surface area contributed by atoms with Crippen LogP contribution in [0.1, 0.15) is 5.76 Å². The summed E-state index contributed by atoms with van der Waals surface area (Å²) in [5, 5.41) is 13.2. The van der Waals surface area contributed by atoms with Crippen molar-refractivity contribution in [2.75, 3.05) is 11.9 Å². The van der Waals surface area contributed by atoms with Crippen molar-refractivity contribution in [3.63, 3.8) is 0 Å². The minimum absolute atomic E-state index is 0.193. The van der Waals surface area contributed by atoms with E-state index in [2.05, 4.69) is 5.32 Å². The highest BCUT2D eigenvalue weighted by atomic mass is 16.4. The van der Waals surface area contributed by atoms with E-state index in [1.54, 1.807) is 6.08 Å². The second-order valence-electron chi connectivity index (χ2n) is 3.35. The molecule has 0 saturated carbocycles. The van der Waals surface area contributed by atoms with Gasteiger partial charge in [0.25, 0.3) is 0 Å². The van der Waals surface area contributed by atoms with E-state index >= 15 is 0 Å². The number of fused-ring (bicyclic) bond motifs is 1. The summed E-state index contributed by atoms with van der Waals surface area (Å²) < 4.78 is 5.56. The number of carbonyl (C=O) groups is 1. The number of hydrogen-bond donors (Lipinski definition) is 1. The molecule has 0 bridgehead atoms. The van der Waals surface area contributed by atoms with Crippen molar-refractivity contribution in [2.24, 2.45) is 0 Å². The molecule has 0 spiro atoms. The summed E-state index contributed by atoms with van der Waals surface area (Å²) in [5.74, 6) is 1.15. The van der Waals surface area contributed by atoms with Crippen LogP contribution in [-0.4, -0.2) is 12.8 Å². The number of nitrogens with one attached hydrogen (secondary N) is 1. The van der Waals surface area contributed by atoms with Crippen LogP contribution in [0.2, 0.25) is 0 Å². The topological polar surface area (TPSA) is 66.0 Å². The van der Waals surface area contributed by atoms with Crippen molar-refractivity contribution in [3.05, 3.63) is 36.1 Å². The first kappa shape index (κ1) is 11.0. The second kappa shape index (κ2) is 4.99. The molecule has 0 aliphatic heterocycles. The van der Waals surface area contributed by atoms with E-state index in [9.17, 15) is 4.79 Å². The number of rotatable bonds is 4. The molecule has 0 radical (unpaired) electrons. The molecule has 0 aliphatic carbocycles. The van der Waals surface area contributed by atoms with Gasteiger partial charge in [0.05, 0.1) is 12.6 Å². The van der Waals surface area contributed by atoms with E-state index < -0.39 is 0 Å². The number of nitrogens with zero attached hydrogens (tertiary/aromatic N) is 1. The number of nitriles is 1. The zero-order valence-corrected chi connectivity index (χ0v) is 9.01. The maximum absolute atomic E-state index is 10.3. The van der Waals surface area contributed by atoms with E-state index in [0.717, 1.165) is 17.1 Å². The van der Waals surface area contributed by atoms with E-state index in [0.29, 0.717) is 11.6 Å². The Labute approximate surface area is 98.1 Å². The number of hydrogen-bond acceptors (Lipinski definition) is 4. The molecule has 0 atom stereocenters. The van der Waals surface area contributed by atoms with Gasteiger partial charge in [-0.25, -0.2) is 0 Å². The third kappa shape index (κ3) is 2.18. The standard InChI is InChI=1S/C13H10N2O2/c14-7-3-6-12-10-4-1-2-5-11(10)13(17-12)15-8-9-16/h1-6,9,15H,8H2. The van der Waals surface area contributed by atoms with Crippen LogP contribution in [0, 0.1) is 11.3 Å². The van der Waals surface area contributed by atoms with Crippen molar-refractivity contribution >= 4 is 29.0 Å². The zero-order valence-electron chi connectivity index (χ0n) is 9.01. The minimum atomic E-state index is 0.193. The van der Waals surface area contributed by atoms with Crippen LogP contribution < -0.4 is 5.32 Å². The second-order valence-corrected chi connectivity index (χ2v) is 3.35. The van der Waals surface area contributed by atoms with Gasteiger partial charge in [0, 0.05) is 16.8 Å². The average molecular weight is 226 g/mol. The van der Waals surface area contributed by atoms with Crippen LogP contribution in [0.25, 0.3) is 16.8 Å². The fourth-order valence-electron chi connectivity index (χ4n) is 1.62. The summed E-state index contributed by atoms with van der Waals surface area (Å²) in [6.45, 7) is 0.193. The lowest BCUT2D eigenvalue weighted by Crippen LogP contribution is -2.00. The fraction of sp³-hybridized carbons (Fsp3) is 0.0769. The van der Waals surface area contributed by atoms with Crippen LogP contribution >= 0.6 is 0 Å². The van der Waals surface area contributed by atoms with Crippen molar-refractivity contribution in [3.8, 4) is 6.07 Å². The number of benzene rings is 1. The zero-order chi connectivity index (χ0) is 12.1. The molecule has 1 aromatic heterocycles. The van der Waals surface area contributed by atoms with Gasteiger partial charge in [0.15, 0.2) is 0 Å². The fourth-order valence-corrected chi connectivity index (χ4v) is 1.62. The van der Waals surface area contributed by atoms with Gasteiger partial charge in [-0.05, 0) is 12.1 Å². The van der Waals surface area contributed by atoms with Gasteiger partial charge in [-0.1, -0.05) is 18.2 Å². The molecule has 0 unspecified atom stereocenters. The molecule has 0 aliphatic rings. The summed E-state index contributed by atoms with van der Waals surface area (Å²) >= 11 is 0. The van der Waals surface area contributed by atoms with Crippen molar-refractivity contribution in [2.45, 2.75) is 0 Å². The lowest BCUT2D eigenvalue weighted by Gasteiger charge is -1.96. The first-order chi connectivity index (χ1) is 8.36. The van der Waals surface area contributed by atoms with Gasteiger partial charge < -0.3 is 14.5 Å². The van der Waals surface area contributed by atoms with Crippen molar-refractivity contribution in [1.29, 1.82) is 5.26 Å². The van der Waals surface area contributed by atoms with Crippen molar-refractivity contribution < 1.29 is 9.21 Å². The van der Waals surface area contributed by atoms with Crippen molar-refractivity contribution in [1.82, 2.24) is 0 Å². The minimum Gasteiger partial charge on any atom is -0.440 e. The van der Waals surface area contributed by atoms with Crippen LogP contribution in [-0.2, 0) is 4.79 Å². The predicted octanol–water partition coefficient (Wildman–Crippen LogP) is 2.58. The third-order valence-electron chi connectivity index (χ3n) is 2.30. The van der Waals surface area contributed by atoms with Gasteiger partial charge in [-0.15, -0.1) is 0 Å². The SMILES string of the molecule is N#CC=Cc1oc(NCC=O)c2ccccc12. The average Bonchev–Trinajstić information content (AvgIpc) is 2.72. The first-order valence-corrected chi connectivity index (χ1v) is 5.12. The van der Waals surface area contributed by atoms with E-state index in [4.69, 9.17) is 9.68 Å². The molecular weight excluding hydrogens is 216 g/mol. The Hall–Kier alpha value is -2.54. The van der Waals surface area contributed by atoms with Crippen LogP contribution in [0.5, 0.6) is 0 Å². The van der Waals surface area contributed by atoms with Gasteiger partial charge in [-0.3, -0.25) is 0 Å². The molecule has 0 fully saturated rings. The molecule has 4 nitrogen and oxygen atoms in total. The Morgan fingerprint density at radius 2 is 2.12 bits per heavy atom. The Kier molecular flexibility index (Phi) is 3.22. The van der Waals surface area contributed by atoms with E-state index in [1.807, 2.05) is 30.3 Å². The number of anilines is 1. The first-order valence-electron chi connectivity index (χ1n) is 5.12. The summed E-state index contributed by atoms with van der Waals surface area (Å²) in [6, 6.07) is 9.50. The van der Waals surface area contributed by atoms with E-state index in [1.165, 1.54) is 6.08 Å². The summed E-state index contributed by atoms with van der Waals surface area (Å²) in [6.07, 6.45) is 3.73. The lowest BCUT2D eigenvalue weighted by atomic mass is 10.1. The normalized spacial score (nSPS) is 10.5. The Morgan fingerprint density at radius 3 is 2.82 bits per heavy atom. The molecule has 0 amide bonds. The van der Waals surface area contributed by atoms with Gasteiger partial charge in [0.1, 0.15) is 12.0 Å². The third-order valence-corrected chi connectivity index (χ3v) is 2.30. The largest absolute Gasteiger partial charge is 0.440 e. The van der Waals surface area contributed by atoms with Crippen LogP contribution in [0.4, 0.5) is 5.88 Å². The molecular formula is C13H10N2O2. The monoisotopic (exact) mass is 226 g/mol. The summed E-state index contributed by atoms with van der Waals surface area (Å²) in [7, 11) is 0. The maximum Gasteiger partial charge on any atom is 0.201 e. The molecule has 2 rings (SSSR count). The molecule has 0 saturated heterocycles. The highest BCUT2D eigenvalue weighted by molar-refractivity contribution is 5.97. The highest BCUT2D eigenvalue weighted by Gasteiger charge is 2.09. The number of allylic oxidation sites excluding steroid dienone is 1. The smallest absolute Gasteiger partial charge is 0.201 e. The van der Waals surface area contributed by atoms with E-state index in [-0.39, 0.29) is 6.54 Å². The number of aldehydes is 1. The predicted molar refractivity (Wildman–Crippen MR) is 65.4 cm³/mol. The maximum atomic E-state index is 10.3. The Balaban J connectivity index is 2.50. The molecule has 2 aromatic rings. The number of carbonyl (C=O) groups excluding carboxylic acids is 1. The summed E-state index contributed by atoms with van der Waals surface area (Å²) in [5.41, 5.74) is 0. The van der Waals surface area contributed by atoms with Gasteiger partial charge in [-0.2, -0.15) is 5.26 Å². The van der Waals surface area contributed by atoms with Crippen LogP contribution in [0.15, 0.2) is 34.8 Å². The Morgan fingerprint density at radius 1 is 1.35 bits per heavy atom. The molecule has 4 heteroatoms. The van der Waals surface area contributed by atoms with Gasteiger partial charge in [0.2, 0.25) is 5.88 Å². The quantitative estimate of drug-likeness (QED) is 0.642. The Bertz CT molecular complexity index is 605. The molecule has 1 N–H and O–H groups in total. The lowest BCUT2D eigenvalue weighted by molar-refractivity contribution is -0.106. The molecule has 1 heterocycles. The summed E-state index contributed by atoms with van der Waals surface area (Å²) in [4.78, 5) is 10.3. The van der Waals surface area contributed by atoms with Gasteiger partial charge >= 0.3 is 0 Å². The molecule has 17 heavy (non-hydrogen) atoms. The van der Waals surface area contributed by atoms with Crippen LogP contribution in [0.3, 0.4) is 0 Å².